The van der Waals surface area contributed by atoms with Gasteiger partial charge in [-0.3, -0.25) is 4.79 Å². The number of hydrogen-bond donors (Lipinski definition) is 3. The third kappa shape index (κ3) is 4.99. The summed E-state index contributed by atoms with van der Waals surface area (Å²) < 4.78 is 12.9. The number of piperidine rings is 1. The van der Waals surface area contributed by atoms with Crippen LogP contribution >= 0.6 is 0 Å². The lowest BCUT2D eigenvalue weighted by atomic mass is 10.1. The van der Waals surface area contributed by atoms with Crippen molar-refractivity contribution in [2.24, 2.45) is 0 Å². The summed E-state index contributed by atoms with van der Waals surface area (Å²) >= 11 is 0. The molecule has 2 rings (SSSR count). The fourth-order valence-corrected chi connectivity index (χ4v) is 2.56. The van der Waals surface area contributed by atoms with Gasteiger partial charge >= 0.3 is 0 Å². The second-order valence-corrected chi connectivity index (χ2v) is 5.48. The molecule has 0 radical (unpaired) electrons. The largest absolute Gasteiger partial charge is 0.397 e. The quantitative estimate of drug-likeness (QED) is 0.721. The number of amides is 1. The predicted molar refractivity (Wildman–Crippen MR) is 80.4 cm³/mol. The maximum atomic E-state index is 12.9. The van der Waals surface area contributed by atoms with E-state index in [0.717, 1.165) is 32.4 Å². The number of carbonyl (C=O) groups is 1. The van der Waals surface area contributed by atoms with Crippen molar-refractivity contribution in [2.45, 2.75) is 31.8 Å². The summed E-state index contributed by atoms with van der Waals surface area (Å²) in [4.78, 5) is 14.0. The van der Waals surface area contributed by atoms with Crippen LogP contribution in [0.1, 0.15) is 25.7 Å². The van der Waals surface area contributed by atoms with Gasteiger partial charge in [-0.2, -0.15) is 0 Å². The van der Waals surface area contributed by atoms with E-state index in [0.29, 0.717) is 18.7 Å². The molecule has 0 aliphatic carbocycles. The van der Waals surface area contributed by atoms with Crippen LogP contribution in [-0.2, 0) is 4.79 Å². The van der Waals surface area contributed by atoms with Gasteiger partial charge in [0.05, 0.1) is 17.5 Å². The number of anilines is 2. The van der Waals surface area contributed by atoms with Gasteiger partial charge < -0.3 is 21.1 Å². The average Bonchev–Trinajstić information content (AvgIpc) is 2.42. The molecule has 1 amide bonds. The van der Waals surface area contributed by atoms with Crippen molar-refractivity contribution in [3.63, 3.8) is 0 Å². The monoisotopic (exact) mass is 295 g/mol. The van der Waals surface area contributed by atoms with Crippen LogP contribution < -0.4 is 11.1 Å². The Hall–Kier alpha value is -1.66. The number of halogens is 1. The zero-order valence-electron chi connectivity index (χ0n) is 12.0. The molecule has 1 unspecified atom stereocenters. The van der Waals surface area contributed by atoms with Crippen LogP contribution in [0.3, 0.4) is 0 Å². The molecule has 6 heteroatoms. The molecular weight excluding hydrogens is 273 g/mol. The SMILES string of the molecule is Nc1cc(F)ccc1NC(=O)CCCN1CCCC(O)C1. The minimum atomic E-state index is -0.422. The smallest absolute Gasteiger partial charge is 0.224 e. The highest BCUT2D eigenvalue weighted by Gasteiger charge is 2.17. The zero-order valence-corrected chi connectivity index (χ0v) is 12.0. The second-order valence-electron chi connectivity index (χ2n) is 5.48. The first-order chi connectivity index (χ1) is 10.0. The Morgan fingerprint density at radius 3 is 3.05 bits per heavy atom. The van der Waals surface area contributed by atoms with Crippen LogP contribution in [0.15, 0.2) is 18.2 Å². The molecule has 1 atom stereocenters. The molecule has 5 nitrogen and oxygen atoms in total. The normalized spacial score (nSPS) is 19.4. The topological polar surface area (TPSA) is 78.6 Å². The standard InChI is InChI=1S/C15H22FN3O2/c16-11-5-6-14(13(17)9-11)18-15(21)4-2-8-19-7-1-3-12(20)10-19/h5-6,9,12,20H,1-4,7-8,10,17H2,(H,18,21). The van der Waals surface area contributed by atoms with Crippen molar-refractivity contribution in [1.29, 1.82) is 0 Å². The average molecular weight is 295 g/mol. The lowest BCUT2D eigenvalue weighted by Crippen LogP contribution is -2.38. The Kier molecular flexibility index (Phi) is 5.52. The van der Waals surface area contributed by atoms with E-state index < -0.39 is 5.82 Å². The van der Waals surface area contributed by atoms with Gasteiger partial charge in [0.15, 0.2) is 0 Å². The Bertz CT molecular complexity index is 496. The first kappa shape index (κ1) is 15.7. The first-order valence-corrected chi connectivity index (χ1v) is 7.30. The molecule has 1 saturated heterocycles. The fourth-order valence-electron chi connectivity index (χ4n) is 2.56. The van der Waals surface area contributed by atoms with Crippen LogP contribution in [0.4, 0.5) is 15.8 Å². The lowest BCUT2D eigenvalue weighted by Gasteiger charge is -2.29. The van der Waals surface area contributed by atoms with Gasteiger partial charge in [-0.25, -0.2) is 4.39 Å². The van der Waals surface area contributed by atoms with Crippen molar-refractivity contribution >= 4 is 17.3 Å². The van der Waals surface area contributed by atoms with Crippen LogP contribution in [0, 0.1) is 5.82 Å². The number of nitrogens with zero attached hydrogens (tertiary/aromatic N) is 1. The molecule has 4 N–H and O–H groups in total. The van der Waals surface area contributed by atoms with E-state index in [2.05, 4.69) is 10.2 Å². The number of benzene rings is 1. The van der Waals surface area contributed by atoms with Crippen molar-refractivity contribution in [3.8, 4) is 0 Å². The summed E-state index contributed by atoms with van der Waals surface area (Å²) in [5.74, 6) is -0.556. The third-order valence-electron chi connectivity index (χ3n) is 3.65. The van der Waals surface area contributed by atoms with Gasteiger partial charge in [-0.15, -0.1) is 0 Å². The number of nitrogen functional groups attached to an aromatic ring is 1. The Morgan fingerprint density at radius 2 is 2.33 bits per heavy atom. The summed E-state index contributed by atoms with van der Waals surface area (Å²) in [7, 11) is 0. The summed E-state index contributed by atoms with van der Waals surface area (Å²) in [6, 6.07) is 3.91. The molecule has 1 aliphatic heterocycles. The highest BCUT2D eigenvalue weighted by atomic mass is 19.1. The zero-order chi connectivity index (χ0) is 15.2. The number of carbonyl (C=O) groups excluding carboxylic acids is 1. The molecule has 116 valence electrons. The fraction of sp³-hybridized carbons (Fsp3) is 0.533. The van der Waals surface area contributed by atoms with Gasteiger partial charge in [0, 0.05) is 13.0 Å². The minimum absolute atomic E-state index is 0.133. The van der Waals surface area contributed by atoms with E-state index >= 15 is 0 Å². The Labute approximate surface area is 123 Å². The number of hydrogen-bond acceptors (Lipinski definition) is 4. The van der Waals surface area contributed by atoms with E-state index in [1.54, 1.807) is 0 Å². The maximum absolute atomic E-state index is 12.9. The number of β-amino-alcohol motifs (C(OH)–C–C–N with tert-alkyl or cyclic N) is 1. The molecule has 0 saturated carbocycles. The van der Waals surface area contributed by atoms with Gasteiger partial charge in [0.1, 0.15) is 5.82 Å². The third-order valence-corrected chi connectivity index (χ3v) is 3.65. The minimum Gasteiger partial charge on any atom is -0.397 e. The molecular formula is C15H22FN3O2. The van der Waals surface area contributed by atoms with E-state index in [-0.39, 0.29) is 17.7 Å². The molecule has 0 bridgehead atoms. The van der Waals surface area contributed by atoms with E-state index in [4.69, 9.17) is 5.73 Å². The van der Waals surface area contributed by atoms with Gasteiger partial charge in [0.2, 0.25) is 5.91 Å². The molecule has 1 heterocycles. The van der Waals surface area contributed by atoms with Crippen LogP contribution in [0.5, 0.6) is 0 Å². The lowest BCUT2D eigenvalue weighted by molar-refractivity contribution is -0.116. The number of nitrogens with one attached hydrogen (secondary N) is 1. The van der Waals surface area contributed by atoms with E-state index in [1.807, 2.05) is 0 Å². The van der Waals surface area contributed by atoms with Gasteiger partial charge in [-0.05, 0) is 50.6 Å². The highest BCUT2D eigenvalue weighted by Crippen LogP contribution is 2.19. The van der Waals surface area contributed by atoms with E-state index in [9.17, 15) is 14.3 Å². The molecule has 1 aliphatic rings. The number of aliphatic hydroxyl groups is 1. The molecule has 1 aromatic carbocycles. The summed E-state index contributed by atoms with van der Waals surface area (Å²) in [6.45, 7) is 2.46. The maximum Gasteiger partial charge on any atom is 0.224 e. The first-order valence-electron chi connectivity index (χ1n) is 7.30. The molecule has 0 spiro atoms. The van der Waals surface area contributed by atoms with Crippen molar-refractivity contribution in [2.75, 3.05) is 30.7 Å². The van der Waals surface area contributed by atoms with Crippen molar-refractivity contribution in [1.82, 2.24) is 4.90 Å². The van der Waals surface area contributed by atoms with Crippen LogP contribution in [-0.4, -0.2) is 41.7 Å². The predicted octanol–water partition coefficient (Wildman–Crippen LogP) is 1.58. The Balaban J connectivity index is 1.72. The van der Waals surface area contributed by atoms with Crippen LogP contribution in [0.25, 0.3) is 0 Å². The Morgan fingerprint density at radius 1 is 1.52 bits per heavy atom. The van der Waals surface area contributed by atoms with Crippen LogP contribution in [0.2, 0.25) is 0 Å². The molecule has 1 fully saturated rings. The van der Waals surface area contributed by atoms with Gasteiger partial charge in [0.25, 0.3) is 0 Å². The molecule has 21 heavy (non-hydrogen) atoms. The number of aliphatic hydroxyl groups excluding tert-OH is 1. The van der Waals surface area contributed by atoms with Crippen molar-refractivity contribution in [3.05, 3.63) is 24.0 Å². The summed E-state index contributed by atoms with van der Waals surface area (Å²) in [5, 5.41) is 12.3. The highest BCUT2D eigenvalue weighted by molar-refractivity contribution is 5.93. The molecule has 1 aromatic rings. The van der Waals surface area contributed by atoms with Gasteiger partial charge in [-0.1, -0.05) is 0 Å². The number of likely N-dealkylation sites (tertiary alicyclic amines) is 1. The summed E-state index contributed by atoms with van der Waals surface area (Å²) in [6.07, 6.45) is 2.72. The molecule has 0 aromatic heterocycles. The number of nitrogens with two attached hydrogens (primary N) is 1. The summed E-state index contributed by atoms with van der Waals surface area (Å²) in [5.41, 5.74) is 6.30. The second kappa shape index (κ2) is 7.38. The van der Waals surface area contributed by atoms with E-state index in [1.165, 1.54) is 18.2 Å². The van der Waals surface area contributed by atoms with Crippen molar-refractivity contribution < 1.29 is 14.3 Å². The number of rotatable bonds is 5.